The molecule has 1 amide bonds. The van der Waals surface area contributed by atoms with E-state index in [2.05, 4.69) is 0 Å². The summed E-state index contributed by atoms with van der Waals surface area (Å²) in [5.74, 6) is 1.29. The number of carbonyl (C=O) groups excluding carboxylic acids is 1. The van der Waals surface area contributed by atoms with Gasteiger partial charge in [0.25, 0.3) is 5.91 Å². The fraction of sp³-hybridized carbons (Fsp3) is 0.615. The number of rotatable bonds is 3. The number of halogens is 2. The van der Waals surface area contributed by atoms with Crippen molar-refractivity contribution in [1.82, 2.24) is 4.90 Å². The van der Waals surface area contributed by atoms with E-state index in [9.17, 15) is 4.79 Å². The van der Waals surface area contributed by atoms with E-state index in [1.165, 1.54) is 17.8 Å². The second-order valence-electron chi connectivity index (χ2n) is 4.80. The molecule has 1 fully saturated rings. The standard InChI is InChI=1S/C13H17Cl2NOS/c1-9-8-18-12(11(9)15)13(17)16-6-2-3-10(7-16)4-5-14/h8,10H,2-7H2,1H3. The molecular formula is C13H17Cl2NOS. The van der Waals surface area contributed by atoms with Gasteiger partial charge in [-0.25, -0.2) is 0 Å². The number of piperidine rings is 1. The van der Waals surface area contributed by atoms with Crippen LogP contribution in [0.3, 0.4) is 0 Å². The van der Waals surface area contributed by atoms with Gasteiger partial charge in [0.2, 0.25) is 0 Å². The summed E-state index contributed by atoms with van der Waals surface area (Å²) in [6, 6.07) is 0. The molecule has 0 bridgehead atoms. The van der Waals surface area contributed by atoms with Gasteiger partial charge in [-0.15, -0.1) is 22.9 Å². The van der Waals surface area contributed by atoms with Crippen LogP contribution in [-0.2, 0) is 0 Å². The highest BCUT2D eigenvalue weighted by Crippen LogP contribution is 2.30. The monoisotopic (exact) mass is 305 g/mol. The van der Waals surface area contributed by atoms with E-state index in [4.69, 9.17) is 23.2 Å². The van der Waals surface area contributed by atoms with E-state index in [0.717, 1.165) is 31.5 Å². The van der Waals surface area contributed by atoms with Gasteiger partial charge in [-0.05, 0) is 43.0 Å². The minimum Gasteiger partial charge on any atom is -0.338 e. The second kappa shape index (κ2) is 6.27. The highest BCUT2D eigenvalue weighted by Gasteiger charge is 2.26. The molecule has 1 unspecified atom stereocenters. The Bertz CT molecular complexity index is 431. The molecule has 2 nitrogen and oxygen atoms in total. The number of carbonyl (C=O) groups is 1. The predicted molar refractivity (Wildman–Crippen MR) is 78.0 cm³/mol. The molecule has 0 aromatic carbocycles. The Hall–Kier alpha value is -0.250. The molecule has 1 aliphatic heterocycles. The van der Waals surface area contributed by atoms with E-state index < -0.39 is 0 Å². The summed E-state index contributed by atoms with van der Waals surface area (Å²) < 4.78 is 0. The zero-order valence-electron chi connectivity index (χ0n) is 10.4. The lowest BCUT2D eigenvalue weighted by Gasteiger charge is -2.32. The van der Waals surface area contributed by atoms with E-state index >= 15 is 0 Å². The van der Waals surface area contributed by atoms with Gasteiger partial charge in [0.1, 0.15) is 4.88 Å². The Kier molecular flexibility index (Phi) is 4.93. The lowest BCUT2D eigenvalue weighted by Crippen LogP contribution is -2.39. The minimum atomic E-state index is 0.0809. The summed E-state index contributed by atoms with van der Waals surface area (Å²) >= 11 is 13.4. The van der Waals surface area contributed by atoms with Crippen LogP contribution in [0.1, 0.15) is 34.5 Å². The number of hydrogen-bond acceptors (Lipinski definition) is 2. The van der Waals surface area contributed by atoms with Crippen LogP contribution in [0.4, 0.5) is 0 Å². The first-order valence-corrected chi connectivity index (χ1v) is 8.01. The van der Waals surface area contributed by atoms with Gasteiger partial charge in [0.15, 0.2) is 0 Å². The number of likely N-dealkylation sites (tertiary alicyclic amines) is 1. The van der Waals surface area contributed by atoms with Gasteiger partial charge >= 0.3 is 0 Å². The van der Waals surface area contributed by atoms with Gasteiger partial charge in [-0.2, -0.15) is 0 Å². The molecule has 1 aromatic heterocycles. The first kappa shape index (κ1) is 14.2. The number of hydrogen-bond donors (Lipinski definition) is 0. The number of aryl methyl sites for hydroxylation is 1. The first-order valence-electron chi connectivity index (χ1n) is 6.22. The van der Waals surface area contributed by atoms with Gasteiger partial charge in [-0.1, -0.05) is 11.6 Å². The van der Waals surface area contributed by atoms with Crippen molar-refractivity contribution >= 4 is 40.4 Å². The Morgan fingerprint density at radius 3 is 3.00 bits per heavy atom. The molecule has 2 heterocycles. The van der Waals surface area contributed by atoms with Crippen molar-refractivity contribution in [3.63, 3.8) is 0 Å². The Labute approximate surface area is 122 Å². The normalized spacial score (nSPS) is 20.2. The molecule has 1 aromatic rings. The van der Waals surface area contributed by atoms with E-state index in [1.54, 1.807) is 0 Å². The Morgan fingerprint density at radius 2 is 2.39 bits per heavy atom. The number of amides is 1. The third kappa shape index (κ3) is 3.01. The molecule has 5 heteroatoms. The Balaban J connectivity index is 2.07. The van der Waals surface area contributed by atoms with Crippen LogP contribution >= 0.6 is 34.5 Å². The molecule has 100 valence electrons. The third-order valence-corrected chi connectivity index (χ3v) is 5.32. The van der Waals surface area contributed by atoms with Crippen molar-refractivity contribution in [3.05, 3.63) is 20.8 Å². The van der Waals surface area contributed by atoms with Gasteiger partial charge in [0.05, 0.1) is 5.02 Å². The number of alkyl halides is 1. The van der Waals surface area contributed by atoms with Crippen LogP contribution in [0, 0.1) is 12.8 Å². The average molecular weight is 306 g/mol. The zero-order chi connectivity index (χ0) is 13.1. The minimum absolute atomic E-state index is 0.0809. The maximum atomic E-state index is 12.4. The maximum Gasteiger partial charge on any atom is 0.265 e. The summed E-state index contributed by atoms with van der Waals surface area (Å²) in [6.45, 7) is 3.59. The van der Waals surface area contributed by atoms with Crippen molar-refractivity contribution in [2.75, 3.05) is 19.0 Å². The van der Waals surface area contributed by atoms with Crippen molar-refractivity contribution in [2.45, 2.75) is 26.2 Å². The highest BCUT2D eigenvalue weighted by molar-refractivity contribution is 7.13. The first-order chi connectivity index (χ1) is 8.63. The van der Waals surface area contributed by atoms with Gasteiger partial charge < -0.3 is 4.90 Å². The van der Waals surface area contributed by atoms with Crippen molar-refractivity contribution in [1.29, 1.82) is 0 Å². The summed E-state index contributed by atoms with van der Waals surface area (Å²) in [5, 5.41) is 2.56. The summed E-state index contributed by atoms with van der Waals surface area (Å²) in [6.07, 6.45) is 3.23. The molecule has 1 aliphatic rings. The second-order valence-corrected chi connectivity index (χ2v) is 6.43. The Morgan fingerprint density at radius 1 is 1.61 bits per heavy atom. The van der Waals surface area contributed by atoms with Crippen LogP contribution < -0.4 is 0 Å². The lowest BCUT2D eigenvalue weighted by atomic mass is 9.95. The van der Waals surface area contributed by atoms with Crippen LogP contribution in [0.2, 0.25) is 5.02 Å². The van der Waals surface area contributed by atoms with Crippen molar-refractivity contribution < 1.29 is 4.79 Å². The highest BCUT2D eigenvalue weighted by atomic mass is 35.5. The smallest absolute Gasteiger partial charge is 0.265 e. The summed E-state index contributed by atoms with van der Waals surface area (Å²) in [4.78, 5) is 15.0. The molecule has 1 saturated heterocycles. The zero-order valence-corrected chi connectivity index (χ0v) is 12.7. The molecule has 18 heavy (non-hydrogen) atoms. The molecule has 0 aliphatic carbocycles. The molecular weight excluding hydrogens is 289 g/mol. The lowest BCUT2D eigenvalue weighted by molar-refractivity contribution is 0.0676. The topological polar surface area (TPSA) is 20.3 Å². The van der Waals surface area contributed by atoms with Crippen LogP contribution in [0.15, 0.2) is 5.38 Å². The fourth-order valence-corrected chi connectivity index (χ4v) is 3.91. The molecule has 0 N–H and O–H groups in total. The van der Waals surface area contributed by atoms with Crippen LogP contribution in [-0.4, -0.2) is 29.8 Å². The molecule has 0 spiro atoms. The number of nitrogens with zero attached hydrogens (tertiary/aromatic N) is 1. The van der Waals surface area contributed by atoms with E-state index in [0.29, 0.717) is 21.7 Å². The van der Waals surface area contributed by atoms with Crippen LogP contribution in [0.5, 0.6) is 0 Å². The molecule has 0 saturated carbocycles. The van der Waals surface area contributed by atoms with Crippen molar-refractivity contribution in [2.24, 2.45) is 5.92 Å². The van der Waals surface area contributed by atoms with E-state index in [1.807, 2.05) is 17.2 Å². The largest absolute Gasteiger partial charge is 0.338 e. The quantitative estimate of drug-likeness (QED) is 0.767. The van der Waals surface area contributed by atoms with E-state index in [-0.39, 0.29) is 5.91 Å². The molecule has 1 atom stereocenters. The maximum absolute atomic E-state index is 12.4. The number of thiophene rings is 1. The fourth-order valence-electron chi connectivity index (χ4n) is 2.36. The third-order valence-electron chi connectivity index (χ3n) is 3.42. The average Bonchev–Trinajstić information content (AvgIpc) is 2.70. The van der Waals surface area contributed by atoms with Gasteiger partial charge in [-0.3, -0.25) is 4.79 Å². The van der Waals surface area contributed by atoms with Crippen LogP contribution in [0.25, 0.3) is 0 Å². The summed E-state index contributed by atoms with van der Waals surface area (Å²) in [5.41, 5.74) is 0.985. The molecule has 2 rings (SSSR count). The van der Waals surface area contributed by atoms with Gasteiger partial charge in [0, 0.05) is 19.0 Å². The predicted octanol–water partition coefficient (Wildman–Crippen LogP) is 4.19. The van der Waals surface area contributed by atoms with Crippen molar-refractivity contribution in [3.8, 4) is 0 Å². The summed E-state index contributed by atoms with van der Waals surface area (Å²) in [7, 11) is 0. The SMILES string of the molecule is Cc1csc(C(=O)N2CCCC(CCCl)C2)c1Cl. The molecule has 0 radical (unpaired) electrons.